The van der Waals surface area contributed by atoms with Crippen molar-refractivity contribution in [1.29, 1.82) is 0 Å². The van der Waals surface area contributed by atoms with E-state index in [1.165, 1.54) is 0 Å². The standard InChI is InChI=1S/C12H21NO3/c1-2-10(13)11(14)9-3-5-16-12(7-9)4-6-15-8-12/h9-10H,2-8,13H2,1H3. The summed E-state index contributed by atoms with van der Waals surface area (Å²) >= 11 is 0. The Morgan fingerprint density at radius 2 is 2.38 bits per heavy atom. The highest BCUT2D eigenvalue weighted by Gasteiger charge is 2.43. The minimum atomic E-state index is -0.303. The van der Waals surface area contributed by atoms with Crippen LogP contribution in [0.15, 0.2) is 0 Å². The monoisotopic (exact) mass is 227 g/mol. The Morgan fingerprint density at radius 3 is 3.00 bits per heavy atom. The number of hydrogen-bond acceptors (Lipinski definition) is 4. The molecule has 0 aromatic heterocycles. The van der Waals surface area contributed by atoms with Gasteiger partial charge in [-0.05, 0) is 19.3 Å². The summed E-state index contributed by atoms with van der Waals surface area (Å²) in [6.07, 6.45) is 3.24. The molecular formula is C12H21NO3. The van der Waals surface area contributed by atoms with E-state index < -0.39 is 0 Å². The van der Waals surface area contributed by atoms with Crippen LogP contribution in [0.1, 0.15) is 32.6 Å². The van der Waals surface area contributed by atoms with Crippen molar-refractivity contribution in [2.45, 2.75) is 44.2 Å². The number of ketones is 1. The minimum Gasteiger partial charge on any atom is -0.378 e. The lowest BCUT2D eigenvalue weighted by Crippen LogP contribution is -2.46. The highest BCUT2D eigenvalue weighted by Crippen LogP contribution is 2.36. The molecule has 2 heterocycles. The van der Waals surface area contributed by atoms with Gasteiger partial charge in [0.15, 0.2) is 5.78 Å². The van der Waals surface area contributed by atoms with Crippen molar-refractivity contribution >= 4 is 5.78 Å². The third kappa shape index (κ3) is 2.29. The Morgan fingerprint density at radius 1 is 1.56 bits per heavy atom. The first kappa shape index (κ1) is 12.0. The van der Waals surface area contributed by atoms with Crippen LogP contribution >= 0.6 is 0 Å². The molecule has 0 amide bonds. The Balaban J connectivity index is 1.98. The van der Waals surface area contributed by atoms with E-state index in [0.717, 1.165) is 32.3 Å². The van der Waals surface area contributed by atoms with E-state index in [4.69, 9.17) is 15.2 Å². The average Bonchev–Trinajstić information content (AvgIpc) is 2.75. The summed E-state index contributed by atoms with van der Waals surface area (Å²) in [5.74, 6) is 0.280. The van der Waals surface area contributed by atoms with Crippen LogP contribution in [0.4, 0.5) is 0 Å². The van der Waals surface area contributed by atoms with Crippen molar-refractivity contribution < 1.29 is 14.3 Å². The number of ether oxygens (including phenoxy) is 2. The topological polar surface area (TPSA) is 61.6 Å². The second-order valence-electron chi connectivity index (χ2n) is 4.94. The molecule has 16 heavy (non-hydrogen) atoms. The normalized spacial score (nSPS) is 36.5. The molecule has 2 aliphatic rings. The van der Waals surface area contributed by atoms with Crippen LogP contribution in [0.25, 0.3) is 0 Å². The fourth-order valence-corrected chi connectivity index (χ4v) is 2.64. The number of nitrogens with two attached hydrogens (primary N) is 1. The number of carbonyl (C=O) groups is 1. The third-order valence-electron chi connectivity index (χ3n) is 3.77. The number of carbonyl (C=O) groups excluding carboxylic acids is 1. The van der Waals surface area contributed by atoms with E-state index in [9.17, 15) is 4.79 Å². The van der Waals surface area contributed by atoms with Crippen LogP contribution in [0.2, 0.25) is 0 Å². The molecule has 4 nitrogen and oxygen atoms in total. The molecule has 92 valence electrons. The highest BCUT2D eigenvalue weighted by molar-refractivity contribution is 5.86. The van der Waals surface area contributed by atoms with Crippen molar-refractivity contribution in [2.24, 2.45) is 11.7 Å². The molecule has 2 saturated heterocycles. The molecule has 0 radical (unpaired) electrons. The van der Waals surface area contributed by atoms with E-state index in [-0.39, 0.29) is 23.3 Å². The maximum atomic E-state index is 12.0. The quantitative estimate of drug-likeness (QED) is 0.777. The van der Waals surface area contributed by atoms with Crippen LogP contribution in [0.5, 0.6) is 0 Å². The lowest BCUT2D eigenvalue weighted by atomic mass is 9.81. The van der Waals surface area contributed by atoms with E-state index in [1.54, 1.807) is 0 Å². The predicted molar refractivity (Wildman–Crippen MR) is 60.1 cm³/mol. The lowest BCUT2D eigenvalue weighted by Gasteiger charge is -2.37. The zero-order valence-corrected chi connectivity index (χ0v) is 9.91. The van der Waals surface area contributed by atoms with Gasteiger partial charge in [-0.3, -0.25) is 4.79 Å². The second-order valence-corrected chi connectivity index (χ2v) is 4.94. The van der Waals surface area contributed by atoms with E-state index in [2.05, 4.69) is 0 Å². The van der Waals surface area contributed by atoms with Crippen LogP contribution in [0, 0.1) is 5.92 Å². The van der Waals surface area contributed by atoms with Crippen molar-refractivity contribution in [2.75, 3.05) is 19.8 Å². The van der Waals surface area contributed by atoms with E-state index in [0.29, 0.717) is 13.2 Å². The molecule has 0 aromatic rings. The van der Waals surface area contributed by atoms with Crippen LogP contribution in [0.3, 0.4) is 0 Å². The summed E-state index contributed by atoms with van der Waals surface area (Å²) in [7, 11) is 0. The molecule has 0 saturated carbocycles. The molecule has 2 rings (SSSR count). The molecule has 0 aromatic carbocycles. The fraction of sp³-hybridized carbons (Fsp3) is 0.917. The Kier molecular flexibility index (Phi) is 3.62. The first-order chi connectivity index (χ1) is 7.67. The van der Waals surface area contributed by atoms with Gasteiger partial charge in [-0.2, -0.15) is 0 Å². The van der Waals surface area contributed by atoms with Crippen molar-refractivity contribution in [3.8, 4) is 0 Å². The third-order valence-corrected chi connectivity index (χ3v) is 3.77. The molecule has 3 atom stereocenters. The van der Waals surface area contributed by atoms with Crippen LogP contribution in [-0.4, -0.2) is 37.2 Å². The van der Waals surface area contributed by atoms with E-state index in [1.807, 2.05) is 6.92 Å². The maximum Gasteiger partial charge on any atom is 0.152 e. The van der Waals surface area contributed by atoms with Crippen molar-refractivity contribution in [3.63, 3.8) is 0 Å². The summed E-state index contributed by atoms with van der Waals surface area (Å²) in [5, 5.41) is 0. The van der Waals surface area contributed by atoms with Gasteiger partial charge in [0.2, 0.25) is 0 Å². The van der Waals surface area contributed by atoms with Gasteiger partial charge in [0, 0.05) is 25.6 Å². The smallest absolute Gasteiger partial charge is 0.152 e. The molecular weight excluding hydrogens is 206 g/mol. The summed E-state index contributed by atoms with van der Waals surface area (Å²) in [5.41, 5.74) is 5.62. The average molecular weight is 227 g/mol. The van der Waals surface area contributed by atoms with E-state index >= 15 is 0 Å². The molecule has 2 fully saturated rings. The molecule has 1 spiro atoms. The van der Waals surface area contributed by atoms with Crippen molar-refractivity contribution in [1.82, 2.24) is 0 Å². The maximum absolute atomic E-state index is 12.0. The molecule has 2 aliphatic heterocycles. The van der Waals surface area contributed by atoms with Crippen LogP contribution in [-0.2, 0) is 14.3 Å². The summed E-state index contributed by atoms with van der Waals surface area (Å²) in [6, 6.07) is -0.303. The zero-order valence-electron chi connectivity index (χ0n) is 9.91. The van der Waals surface area contributed by atoms with Crippen LogP contribution < -0.4 is 5.73 Å². The van der Waals surface area contributed by atoms with Gasteiger partial charge in [0.1, 0.15) is 0 Å². The van der Waals surface area contributed by atoms with Crippen molar-refractivity contribution in [3.05, 3.63) is 0 Å². The molecule has 3 unspecified atom stereocenters. The first-order valence-electron chi connectivity index (χ1n) is 6.18. The van der Waals surface area contributed by atoms with Gasteiger partial charge in [0.05, 0.1) is 18.2 Å². The van der Waals surface area contributed by atoms with Gasteiger partial charge >= 0.3 is 0 Å². The largest absolute Gasteiger partial charge is 0.378 e. The summed E-state index contributed by atoms with van der Waals surface area (Å²) in [6.45, 7) is 4.01. The Bertz CT molecular complexity index is 261. The van der Waals surface area contributed by atoms with Gasteiger partial charge in [-0.1, -0.05) is 6.92 Å². The number of rotatable bonds is 3. The Hall–Kier alpha value is -0.450. The molecule has 2 N–H and O–H groups in total. The SMILES string of the molecule is CCC(N)C(=O)C1CCOC2(CCOC2)C1. The summed E-state index contributed by atoms with van der Waals surface area (Å²) < 4.78 is 11.2. The highest BCUT2D eigenvalue weighted by atomic mass is 16.6. The van der Waals surface area contributed by atoms with Gasteiger partial charge in [-0.15, -0.1) is 0 Å². The number of Topliss-reactive ketones (excluding diaryl/α,β-unsaturated/α-hetero) is 1. The van der Waals surface area contributed by atoms with Gasteiger partial charge in [-0.25, -0.2) is 0 Å². The minimum absolute atomic E-state index is 0.0744. The lowest BCUT2D eigenvalue weighted by molar-refractivity contribution is -0.138. The first-order valence-corrected chi connectivity index (χ1v) is 6.18. The fourth-order valence-electron chi connectivity index (χ4n) is 2.64. The van der Waals surface area contributed by atoms with Gasteiger partial charge < -0.3 is 15.2 Å². The Labute approximate surface area is 96.5 Å². The molecule has 0 bridgehead atoms. The van der Waals surface area contributed by atoms with Gasteiger partial charge in [0.25, 0.3) is 0 Å². The zero-order chi connectivity index (χ0) is 11.6. The number of hydrogen-bond donors (Lipinski definition) is 1. The second kappa shape index (κ2) is 4.82. The molecule has 0 aliphatic carbocycles. The predicted octanol–water partition coefficient (Wildman–Crippen LogP) is 0.878. The molecule has 4 heteroatoms. The summed E-state index contributed by atoms with van der Waals surface area (Å²) in [4.78, 5) is 12.0.